The first-order valence-electron chi connectivity index (χ1n) is 5.86. The van der Waals surface area contributed by atoms with Gasteiger partial charge in [-0.15, -0.1) is 0 Å². The van der Waals surface area contributed by atoms with Gasteiger partial charge in [-0.25, -0.2) is 0 Å². The van der Waals surface area contributed by atoms with Crippen molar-refractivity contribution in [1.82, 2.24) is 5.32 Å². The van der Waals surface area contributed by atoms with Gasteiger partial charge in [0.15, 0.2) is 0 Å². The molecule has 0 aliphatic carbocycles. The minimum absolute atomic E-state index is 0.114. The van der Waals surface area contributed by atoms with E-state index in [2.05, 4.69) is 5.32 Å². The van der Waals surface area contributed by atoms with Gasteiger partial charge in [0.25, 0.3) is 0 Å². The summed E-state index contributed by atoms with van der Waals surface area (Å²) in [5.41, 5.74) is 0.882. The summed E-state index contributed by atoms with van der Waals surface area (Å²) in [5.74, 6) is 0.637. The van der Waals surface area contributed by atoms with Crippen LogP contribution in [-0.4, -0.2) is 33.3 Å². The summed E-state index contributed by atoms with van der Waals surface area (Å²) in [6.07, 6.45) is 4.06. The van der Waals surface area contributed by atoms with Crippen LogP contribution in [0.1, 0.15) is 12.0 Å². The quantitative estimate of drug-likeness (QED) is 0.592. The van der Waals surface area contributed by atoms with E-state index in [1.165, 1.54) is 6.08 Å². The van der Waals surface area contributed by atoms with Crippen molar-refractivity contribution < 1.29 is 14.3 Å². The topological polar surface area (TPSA) is 47.6 Å². The fourth-order valence-electron chi connectivity index (χ4n) is 1.46. The lowest BCUT2D eigenvalue weighted by molar-refractivity contribution is -0.116. The minimum Gasteiger partial charge on any atom is -0.496 e. The Morgan fingerprint density at radius 2 is 2.11 bits per heavy atom. The molecular formula is C14H19NO3. The molecule has 98 valence electrons. The molecule has 0 saturated carbocycles. The molecule has 0 fully saturated rings. The molecule has 0 unspecified atom stereocenters. The Labute approximate surface area is 108 Å². The van der Waals surface area contributed by atoms with Crippen molar-refractivity contribution in [2.24, 2.45) is 0 Å². The highest BCUT2D eigenvalue weighted by molar-refractivity contribution is 5.92. The molecule has 0 heterocycles. The third kappa shape index (κ3) is 5.01. The molecule has 0 bridgehead atoms. The lowest BCUT2D eigenvalue weighted by Gasteiger charge is -2.04. The first-order valence-corrected chi connectivity index (χ1v) is 5.86. The fourth-order valence-corrected chi connectivity index (χ4v) is 1.46. The zero-order valence-electron chi connectivity index (χ0n) is 10.8. The molecule has 1 rings (SSSR count). The monoisotopic (exact) mass is 249 g/mol. The van der Waals surface area contributed by atoms with E-state index in [0.717, 1.165) is 17.7 Å². The van der Waals surface area contributed by atoms with E-state index in [-0.39, 0.29) is 5.91 Å². The fraction of sp³-hybridized carbons (Fsp3) is 0.357. The van der Waals surface area contributed by atoms with Gasteiger partial charge in [-0.3, -0.25) is 4.79 Å². The molecule has 1 aromatic rings. The molecule has 0 atom stereocenters. The number of amides is 1. The van der Waals surface area contributed by atoms with Crippen LogP contribution in [0.2, 0.25) is 0 Å². The van der Waals surface area contributed by atoms with Gasteiger partial charge in [-0.05, 0) is 18.6 Å². The van der Waals surface area contributed by atoms with Crippen molar-refractivity contribution in [2.45, 2.75) is 6.42 Å². The molecule has 1 N–H and O–H groups in total. The van der Waals surface area contributed by atoms with Crippen LogP contribution < -0.4 is 10.1 Å². The van der Waals surface area contributed by atoms with E-state index < -0.39 is 0 Å². The van der Waals surface area contributed by atoms with Crippen LogP contribution in [0.5, 0.6) is 5.75 Å². The second kappa shape index (κ2) is 8.31. The highest BCUT2D eigenvalue weighted by Crippen LogP contribution is 2.18. The molecule has 0 spiro atoms. The van der Waals surface area contributed by atoms with Crippen molar-refractivity contribution in [3.8, 4) is 5.75 Å². The number of hydrogen-bond acceptors (Lipinski definition) is 3. The third-order valence-electron chi connectivity index (χ3n) is 2.38. The number of hydrogen-bond donors (Lipinski definition) is 1. The first kappa shape index (κ1) is 14.3. The van der Waals surface area contributed by atoms with Crippen molar-refractivity contribution in [2.75, 3.05) is 27.4 Å². The van der Waals surface area contributed by atoms with Gasteiger partial charge in [-0.2, -0.15) is 0 Å². The molecule has 0 aliphatic rings. The van der Waals surface area contributed by atoms with Crippen molar-refractivity contribution >= 4 is 12.0 Å². The molecule has 0 saturated heterocycles. The largest absolute Gasteiger partial charge is 0.496 e. The number of carbonyl (C=O) groups is 1. The van der Waals surface area contributed by atoms with Crippen LogP contribution in [0.15, 0.2) is 30.3 Å². The Kier molecular flexibility index (Phi) is 6.58. The van der Waals surface area contributed by atoms with E-state index in [0.29, 0.717) is 13.2 Å². The summed E-state index contributed by atoms with van der Waals surface area (Å²) in [4.78, 5) is 11.5. The summed E-state index contributed by atoms with van der Waals surface area (Å²) in [7, 11) is 3.25. The predicted molar refractivity (Wildman–Crippen MR) is 71.5 cm³/mol. The number of rotatable bonds is 7. The van der Waals surface area contributed by atoms with E-state index in [1.54, 1.807) is 20.3 Å². The van der Waals surface area contributed by atoms with E-state index in [4.69, 9.17) is 9.47 Å². The molecule has 0 aromatic heterocycles. The summed E-state index contributed by atoms with van der Waals surface area (Å²) in [6.45, 7) is 1.26. The minimum atomic E-state index is -0.114. The zero-order chi connectivity index (χ0) is 13.2. The average molecular weight is 249 g/mol. The molecule has 4 nitrogen and oxygen atoms in total. The van der Waals surface area contributed by atoms with Gasteiger partial charge < -0.3 is 14.8 Å². The highest BCUT2D eigenvalue weighted by atomic mass is 16.5. The van der Waals surface area contributed by atoms with Gasteiger partial charge in [0.1, 0.15) is 5.75 Å². The van der Waals surface area contributed by atoms with Crippen molar-refractivity contribution in [3.05, 3.63) is 35.9 Å². The van der Waals surface area contributed by atoms with Crippen LogP contribution >= 0.6 is 0 Å². The second-order valence-corrected chi connectivity index (χ2v) is 3.71. The maximum atomic E-state index is 11.5. The van der Waals surface area contributed by atoms with E-state index >= 15 is 0 Å². The van der Waals surface area contributed by atoms with Crippen LogP contribution in [0.4, 0.5) is 0 Å². The number of para-hydroxylation sites is 1. The summed E-state index contributed by atoms with van der Waals surface area (Å²) in [5, 5.41) is 2.78. The molecule has 0 radical (unpaired) electrons. The van der Waals surface area contributed by atoms with Gasteiger partial charge in [-0.1, -0.05) is 18.2 Å². The third-order valence-corrected chi connectivity index (χ3v) is 2.38. The molecular weight excluding hydrogens is 230 g/mol. The Bertz CT molecular complexity index is 402. The normalized spacial score (nSPS) is 10.6. The van der Waals surface area contributed by atoms with Gasteiger partial charge in [0, 0.05) is 31.9 Å². The maximum Gasteiger partial charge on any atom is 0.244 e. The van der Waals surface area contributed by atoms with Crippen LogP contribution in [-0.2, 0) is 9.53 Å². The van der Waals surface area contributed by atoms with Crippen LogP contribution in [0.3, 0.4) is 0 Å². The van der Waals surface area contributed by atoms with Gasteiger partial charge in [0.2, 0.25) is 5.91 Å². The standard InChI is InChI=1S/C14H19NO3/c1-17-11-5-10-15-14(16)9-8-12-6-3-4-7-13(12)18-2/h3-4,6-9H,5,10-11H2,1-2H3,(H,15,16). The Morgan fingerprint density at radius 3 is 2.83 bits per heavy atom. The zero-order valence-corrected chi connectivity index (χ0v) is 10.8. The summed E-state index contributed by atoms with van der Waals surface area (Å²) >= 11 is 0. The molecule has 1 aromatic carbocycles. The highest BCUT2D eigenvalue weighted by Gasteiger charge is 1.98. The smallest absolute Gasteiger partial charge is 0.244 e. The molecule has 1 amide bonds. The predicted octanol–water partition coefficient (Wildman–Crippen LogP) is 1.86. The molecule has 4 heteroatoms. The number of ether oxygens (including phenoxy) is 2. The Morgan fingerprint density at radius 1 is 1.33 bits per heavy atom. The first-order chi connectivity index (χ1) is 8.77. The van der Waals surface area contributed by atoms with Crippen LogP contribution in [0.25, 0.3) is 6.08 Å². The number of benzene rings is 1. The second-order valence-electron chi connectivity index (χ2n) is 3.71. The van der Waals surface area contributed by atoms with Crippen LogP contribution in [0, 0.1) is 0 Å². The lowest BCUT2D eigenvalue weighted by Crippen LogP contribution is -2.22. The number of nitrogens with one attached hydrogen (secondary N) is 1. The Balaban J connectivity index is 2.45. The average Bonchev–Trinajstić information content (AvgIpc) is 2.41. The Hall–Kier alpha value is -1.81. The number of methoxy groups -OCH3 is 2. The molecule has 0 aliphatic heterocycles. The van der Waals surface area contributed by atoms with Gasteiger partial charge in [0.05, 0.1) is 7.11 Å². The van der Waals surface area contributed by atoms with E-state index in [9.17, 15) is 4.79 Å². The van der Waals surface area contributed by atoms with E-state index in [1.807, 2.05) is 24.3 Å². The lowest BCUT2D eigenvalue weighted by atomic mass is 10.2. The SMILES string of the molecule is COCCCNC(=O)C=Cc1ccccc1OC. The van der Waals surface area contributed by atoms with Crippen molar-refractivity contribution in [1.29, 1.82) is 0 Å². The summed E-state index contributed by atoms with van der Waals surface area (Å²) in [6, 6.07) is 7.55. The molecule has 18 heavy (non-hydrogen) atoms. The maximum absolute atomic E-state index is 11.5. The van der Waals surface area contributed by atoms with Crippen molar-refractivity contribution in [3.63, 3.8) is 0 Å². The summed E-state index contributed by atoms with van der Waals surface area (Å²) < 4.78 is 10.1. The van der Waals surface area contributed by atoms with Gasteiger partial charge >= 0.3 is 0 Å². The number of carbonyl (C=O) groups excluding carboxylic acids is 1.